The van der Waals surface area contributed by atoms with Crippen LogP contribution in [0.15, 0.2) is 231 Å². The molecule has 0 spiro atoms. The molecule has 2 atom stereocenters. The van der Waals surface area contributed by atoms with Gasteiger partial charge >= 0.3 is 0 Å². The highest BCUT2D eigenvalue weighted by Gasteiger charge is 2.30. The second-order valence-corrected chi connectivity index (χ2v) is 37.7. The number of rotatable bonds is 12. The lowest BCUT2D eigenvalue weighted by Crippen LogP contribution is -2.57. The molecule has 10 aromatic heterocycles. The van der Waals surface area contributed by atoms with Crippen molar-refractivity contribution in [1.82, 2.24) is 72.7 Å². The number of aromatic nitrogens is 10. The van der Waals surface area contributed by atoms with E-state index in [4.69, 9.17) is 67.3 Å². The number of ether oxygens (including phenoxy) is 10. The van der Waals surface area contributed by atoms with Crippen LogP contribution < -0.4 is 116 Å². The lowest BCUT2D eigenvalue weighted by Gasteiger charge is -2.40. The second-order valence-electron chi connectivity index (χ2n) is 37.7. The van der Waals surface area contributed by atoms with Gasteiger partial charge in [-0.15, -0.1) is 0 Å². The smallest absolute Gasteiger partial charge is 0.258 e. The molecule has 0 bridgehead atoms. The fourth-order valence-corrected chi connectivity index (χ4v) is 19.4. The number of methoxy groups -OCH3 is 2. The number of benzene rings is 5. The molecule has 0 aliphatic carbocycles. The predicted molar refractivity (Wildman–Crippen MR) is 554 cm³/mol. The van der Waals surface area contributed by atoms with E-state index in [1.54, 1.807) is 73.4 Å². The summed E-state index contributed by atoms with van der Waals surface area (Å²) in [5, 5.41) is 10.4. The summed E-state index contributed by atoms with van der Waals surface area (Å²) >= 11 is 0. The summed E-state index contributed by atoms with van der Waals surface area (Å²) in [7, 11) is 7.29. The lowest BCUT2D eigenvalue weighted by molar-refractivity contribution is 0.171. The molecule has 9 aliphatic rings. The summed E-state index contributed by atoms with van der Waals surface area (Å²) in [6, 6.07) is 53.6. The Bertz CT molecular complexity index is 7450. The maximum Gasteiger partial charge on any atom is 0.258 e. The highest BCUT2D eigenvalue weighted by Crippen LogP contribution is 2.40. The standard InChI is InChI=1S/3C22H24N4O3.C21H23FN4O3.C21H22N4O3/c1-14-11-25(12-15(2)23-14)17-4-6-21-24-18(10-22(27)26(21)13-17)16-3-5-19-20(9-16)29-8-7-28-19;1-22(2)14-25(8-7-23-22)16-4-6-20-24-17(12-21(27)26(20)13-16)15-3-5-18-19(11-15)29-10-9-28-18;1-24-7-2-8-25(10-9-24)17-4-6-21-23-18(14-22(27)26(21)15-17)16-3-5-19-20(13-16)29-12-11-28-19;1-24-6-8-25(9-7-24)15-11-16(22)21-23-17(12-20(27)26(21)13-15)14-4-5-18(28-2)19(10-14)29-3;26-21-13-17(15-2-4-18-19(12-15)28-11-10-27-18)23-20-5-3-16(14-25(20)21)24-8-1-6-22-7-9-24/h3-6,9-10,13-15,23H,7-8,11-12H2,1-2H3;3-6,11-13,23H,7-10,14H2,1-2H3;3-6,13-15H,2,7-12H2,1H3;4-5,10-13H,6-9H2,1-3H3;2-5,12-14,22H,1,6-11H2/t14-,15+;;;;. The van der Waals surface area contributed by atoms with Crippen LogP contribution in [-0.4, -0.2) is 267 Å². The summed E-state index contributed by atoms with van der Waals surface area (Å²) < 4.78 is 78.1. The number of hydrogen-bond donors (Lipinski definition) is 3. The van der Waals surface area contributed by atoms with Crippen molar-refractivity contribution in [3.63, 3.8) is 0 Å². The molecule has 36 heteroatoms. The fraction of sp³-hybridized carbons (Fsp3) is 0.352. The molecule has 24 rings (SSSR count). The van der Waals surface area contributed by atoms with E-state index in [1.165, 1.54) is 23.6 Å². The molecule has 0 radical (unpaired) electrons. The van der Waals surface area contributed by atoms with Crippen LogP contribution in [-0.2, 0) is 0 Å². The summed E-state index contributed by atoms with van der Waals surface area (Å²) in [6.07, 6.45) is 11.5. The molecule has 0 amide bonds. The highest BCUT2D eigenvalue weighted by atomic mass is 19.1. The Morgan fingerprint density at radius 2 is 0.681 bits per heavy atom. The number of nitrogens with zero attached hydrogens (tertiary/aromatic N) is 17. The molecule has 19 heterocycles. The van der Waals surface area contributed by atoms with E-state index >= 15 is 0 Å². The number of likely N-dealkylation sites (N-methyl/N-ethyl adjacent to an activating group) is 2. The molecule has 5 saturated heterocycles. The van der Waals surface area contributed by atoms with Crippen LogP contribution in [0.2, 0.25) is 0 Å². The normalized spacial score (nSPS) is 17.7. The van der Waals surface area contributed by atoms with E-state index in [1.807, 2.05) is 140 Å². The minimum atomic E-state index is -0.527. The van der Waals surface area contributed by atoms with Gasteiger partial charge in [-0.05, 0) is 207 Å². The SMILES string of the molecule is CC1(C)CN(c2ccc3nc(-c4ccc5c(c4)OCCO5)cc(=O)n3c2)CCN1.CN1CCCN(c2ccc3nc(-c4ccc5c(c4)OCCO5)cc(=O)n3c2)CC1.COc1ccc(-c2cc(=O)n3cc(N4CCN(C)CC4)cc(F)c3n2)cc1OC.C[C@@H]1CN(c2ccc3nc(-c4ccc5c(c4)OCCO5)cc(=O)n3c2)C[C@H](C)N1.O=c1cc(-c2ccc3c(c2)OCCO3)nc2ccc(N3CCCNCC3)cn12. The van der Waals surface area contributed by atoms with Crippen LogP contribution in [0.3, 0.4) is 0 Å². The van der Waals surface area contributed by atoms with E-state index < -0.39 is 5.82 Å². The maximum absolute atomic E-state index is 14.9. The first-order valence-corrected chi connectivity index (χ1v) is 49.0. The summed E-state index contributed by atoms with van der Waals surface area (Å²) in [6.45, 7) is 28.9. The molecule has 9 aliphatic heterocycles. The molecule has 35 nitrogen and oxygen atoms in total. The van der Waals surface area contributed by atoms with E-state index in [2.05, 4.69) is 103 Å². The topological polar surface area (TPSA) is 323 Å². The Kier molecular flexibility index (Phi) is 28.3. The van der Waals surface area contributed by atoms with Gasteiger partial charge in [-0.3, -0.25) is 46.0 Å². The van der Waals surface area contributed by atoms with Crippen LogP contribution in [0, 0.1) is 5.82 Å². The number of nitrogens with one attached hydrogen (secondary N) is 3. The number of halogens is 1. The van der Waals surface area contributed by atoms with E-state index in [9.17, 15) is 28.4 Å². The van der Waals surface area contributed by atoms with Crippen LogP contribution in [0.1, 0.15) is 40.5 Å². The Balaban J connectivity index is 0.000000110. The Morgan fingerprint density at radius 1 is 0.333 bits per heavy atom. The third-order valence-electron chi connectivity index (χ3n) is 26.8. The van der Waals surface area contributed by atoms with Gasteiger partial charge in [0.2, 0.25) is 0 Å². The van der Waals surface area contributed by atoms with Crippen molar-refractivity contribution in [1.29, 1.82) is 0 Å². The molecule has 3 N–H and O–H groups in total. The van der Waals surface area contributed by atoms with Gasteiger partial charge in [-0.1, -0.05) is 0 Å². The van der Waals surface area contributed by atoms with Crippen LogP contribution in [0.5, 0.6) is 57.5 Å². The predicted octanol–water partition coefficient (Wildman–Crippen LogP) is 11.1. The van der Waals surface area contributed by atoms with Crippen molar-refractivity contribution >= 4 is 56.7 Å². The molecule has 0 saturated carbocycles. The van der Waals surface area contributed by atoms with Crippen molar-refractivity contribution in [2.24, 2.45) is 0 Å². The monoisotopic (exact) mass is 1950 g/mol. The number of hydrogen-bond acceptors (Lipinski definition) is 30. The zero-order chi connectivity index (χ0) is 99.2. The summed E-state index contributed by atoms with van der Waals surface area (Å²) in [5.74, 6) is 6.21. The van der Waals surface area contributed by atoms with Gasteiger partial charge in [-0.2, -0.15) is 0 Å². The number of anilines is 5. The molecule has 5 aromatic carbocycles. The third kappa shape index (κ3) is 21.7. The molecular formula is C108H117FN20O15. The number of pyridine rings is 5. The Morgan fingerprint density at radius 3 is 1.10 bits per heavy atom. The number of piperazine rings is 3. The van der Waals surface area contributed by atoms with Gasteiger partial charge in [0.05, 0.1) is 71.1 Å². The average molecular weight is 1950 g/mol. The van der Waals surface area contributed by atoms with Crippen LogP contribution in [0.4, 0.5) is 32.8 Å². The lowest BCUT2D eigenvalue weighted by atomic mass is 10.0. The summed E-state index contributed by atoms with van der Waals surface area (Å²) in [4.78, 5) is 103. The molecular weight excluding hydrogens is 1840 g/mol. The van der Waals surface area contributed by atoms with Gasteiger partial charge in [0.15, 0.2) is 69.0 Å². The van der Waals surface area contributed by atoms with E-state index in [-0.39, 0.29) is 39.0 Å². The largest absolute Gasteiger partial charge is 0.493 e. The van der Waals surface area contributed by atoms with Gasteiger partial charge < -0.3 is 97.6 Å². The van der Waals surface area contributed by atoms with Crippen molar-refractivity contribution < 1.29 is 51.8 Å². The van der Waals surface area contributed by atoms with E-state index in [0.29, 0.717) is 162 Å². The quantitative estimate of drug-likeness (QED) is 0.102. The second kappa shape index (κ2) is 42.4. The molecule has 0 unspecified atom stereocenters. The maximum atomic E-state index is 14.9. The Hall–Kier alpha value is -15.4. The van der Waals surface area contributed by atoms with Crippen molar-refractivity contribution in [3.05, 3.63) is 264 Å². The first-order chi connectivity index (χ1) is 70.0. The zero-order valence-corrected chi connectivity index (χ0v) is 82.0. The van der Waals surface area contributed by atoms with E-state index in [0.717, 1.165) is 192 Å². The van der Waals surface area contributed by atoms with Crippen LogP contribution >= 0.6 is 0 Å². The van der Waals surface area contributed by atoms with Gasteiger partial charge in [0.1, 0.15) is 75.4 Å². The minimum Gasteiger partial charge on any atom is -0.493 e. The average Bonchev–Trinajstić information content (AvgIpc) is 0.951. The van der Waals surface area contributed by atoms with Gasteiger partial charge in [0, 0.05) is 211 Å². The van der Waals surface area contributed by atoms with Crippen molar-refractivity contribution in [3.8, 4) is 114 Å². The van der Waals surface area contributed by atoms with Gasteiger partial charge in [0.25, 0.3) is 27.8 Å². The Labute approximate surface area is 830 Å². The highest BCUT2D eigenvalue weighted by molar-refractivity contribution is 5.73. The molecule has 144 heavy (non-hydrogen) atoms. The van der Waals surface area contributed by atoms with Gasteiger partial charge in [-0.25, -0.2) is 29.3 Å². The first-order valence-electron chi connectivity index (χ1n) is 49.0. The van der Waals surface area contributed by atoms with Crippen molar-refractivity contribution in [2.45, 2.75) is 58.2 Å². The van der Waals surface area contributed by atoms with Crippen LogP contribution in [0.25, 0.3) is 84.5 Å². The number of fused-ring (bicyclic) bond motifs is 9. The fourth-order valence-electron chi connectivity index (χ4n) is 19.4. The molecule has 746 valence electrons. The summed E-state index contributed by atoms with van der Waals surface area (Å²) in [5.41, 5.74) is 13.6. The minimum absolute atomic E-state index is 0.000150. The zero-order valence-electron chi connectivity index (χ0n) is 82.0. The molecule has 5 fully saturated rings. The third-order valence-corrected chi connectivity index (χ3v) is 26.8. The molecule has 15 aromatic rings. The van der Waals surface area contributed by atoms with Crippen molar-refractivity contribution in [2.75, 3.05) is 217 Å². The first kappa shape index (κ1) is 96.1.